The van der Waals surface area contributed by atoms with Gasteiger partial charge in [0.1, 0.15) is 17.1 Å². The third-order valence-corrected chi connectivity index (χ3v) is 3.60. The zero-order chi connectivity index (χ0) is 17.5. The standard InChI is InChI=1S/C19H24N2O3/c1-5-6-12-23-16-13-20-18(21(3)4)14(2)17(16)19(22)24-15-10-8-7-9-11-15/h7-11,13H,5-6,12H2,1-4H3. The number of para-hydroxylation sites is 1. The van der Waals surface area contributed by atoms with Gasteiger partial charge in [0.25, 0.3) is 0 Å². The minimum absolute atomic E-state index is 0.425. The SMILES string of the molecule is CCCCOc1cnc(N(C)C)c(C)c1C(=O)Oc1ccccc1. The average Bonchev–Trinajstić information content (AvgIpc) is 2.55. The number of hydrogen-bond acceptors (Lipinski definition) is 5. The highest BCUT2D eigenvalue weighted by atomic mass is 16.5. The third-order valence-electron chi connectivity index (χ3n) is 3.60. The molecule has 1 heterocycles. The molecule has 0 atom stereocenters. The lowest BCUT2D eigenvalue weighted by molar-refractivity contribution is 0.0729. The normalized spacial score (nSPS) is 10.3. The van der Waals surface area contributed by atoms with E-state index in [0.29, 0.717) is 23.7 Å². The van der Waals surface area contributed by atoms with Crippen molar-refractivity contribution in [3.63, 3.8) is 0 Å². The van der Waals surface area contributed by atoms with E-state index in [4.69, 9.17) is 9.47 Å². The van der Waals surface area contributed by atoms with Crippen molar-refractivity contribution in [2.75, 3.05) is 25.6 Å². The van der Waals surface area contributed by atoms with Crippen LogP contribution < -0.4 is 14.4 Å². The summed E-state index contributed by atoms with van der Waals surface area (Å²) in [5.74, 6) is 1.26. The van der Waals surface area contributed by atoms with Crippen LogP contribution in [0, 0.1) is 6.92 Å². The van der Waals surface area contributed by atoms with Crippen LogP contribution in [0.3, 0.4) is 0 Å². The molecule has 24 heavy (non-hydrogen) atoms. The van der Waals surface area contributed by atoms with Crippen LogP contribution >= 0.6 is 0 Å². The molecule has 5 heteroatoms. The van der Waals surface area contributed by atoms with Crippen LogP contribution in [0.2, 0.25) is 0 Å². The number of carbonyl (C=O) groups is 1. The highest BCUT2D eigenvalue weighted by molar-refractivity contribution is 5.96. The molecule has 0 fully saturated rings. The average molecular weight is 328 g/mol. The van der Waals surface area contributed by atoms with Crippen molar-refractivity contribution < 1.29 is 14.3 Å². The predicted molar refractivity (Wildman–Crippen MR) is 95.1 cm³/mol. The molecule has 0 bridgehead atoms. The summed E-state index contributed by atoms with van der Waals surface area (Å²) in [6.45, 7) is 4.49. The minimum atomic E-state index is -0.435. The van der Waals surface area contributed by atoms with Crippen LogP contribution in [0.1, 0.15) is 35.7 Å². The molecule has 1 aromatic carbocycles. The number of aromatic nitrogens is 1. The van der Waals surface area contributed by atoms with E-state index >= 15 is 0 Å². The van der Waals surface area contributed by atoms with Crippen LogP contribution in [-0.4, -0.2) is 31.7 Å². The number of carbonyl (C=O) groups excluding carboxylic acids is 1. The summed E-state index contributed by atoms with van der Waals surface area (Å²) >= 11 is 0. The summed E-state index contributed by atoms with van der Waals surface area (Å²) in [4.78, 5) is 19.0. The molecule has 1 aromatic heterocycles. The maximum atomic E-state index is 12.7. The van der Waals surface area contributed by atoms with Crippen molar-refractivity contribution >= 4 is 11.8 Å². The Labute approximate surface area is 143 Å². The van der Waals surface area contributed by atoms with Crippen LogP contribution in [0.4, 0.5) is 5.82 Å². The molecule has 0 amide bonds. The second-order valence-electron chi connectivity index (χ2n) is 5.75. The lowest BCUT2D eigenvalue weighted by atomic mass is 10.1. The fourth-order valence-electron chi connectivity index (χ4n) is 2.36. The summed E-state index contributed by atoms with van der Waals surface area (Å²) in [5.41, 5.74) is 1.17. The van der Waals surface area contributed by atoms with E-state index in [9.17, 15) is 4.79 Å². The number of ether oxygens (including phenoxy) is 2. The molecule has 0 aliphatic heterocycles. The zero-order valence-corrected chi connectivity index (χ0v) is 14.7. The van der Waals surface area contributed by atoms with Gasteiger partial charge in [-0.2, -0.15) is 0 Å². The van der Waals surface area contributed by atoms with Gasteiger partial charge >= 0.3 is 5.97 Å². The van der Waals surface area contributed by atoms with Gasteiger partial charge in [-0.15, -0.1) is 0 Å². The Hall–Kier alpha value is -2.56. The molecule has 0 aliphatic carbocycles. The van der Waals surface area contributed by atoms with Gasteiger partial charge in [-0.3, -0.25) is 0 Å². The summed E-state index contributed by atoms with van der Waals surface area (Å²) in [6, 6.07) is 9.02. The molecule has 0 saturated heterocycles. The molecule has 0 saturated carbocycles. The van der Waals surface area contributed by atoms with E-state index in [1.807, 2.05) is 44.1 Å². The fourth-order valence-corrected chi connectivity index (χ4v) is 2.36. The van der Waals surface area contributed by atoms with Gasteiger partial charge in [-0.1, -0.05) is 31.5 Å². The topological polar surface area (TPSA) is 51.7 Å². The van der Waals surface area contributed by atoms with E-state index in [2.05, 4.69) is 11.9 Å². The number of unbranched alkanes of at least 4 members (excludes halogenated alkanes) is 1. The second-order valence-corrected chi connectivity index (χ2v) is 5.75. The van der Waals surface area contributed by atoms with Gasteiger partial charge in [0.2, 0.25) is 0 Å². The monoisotopic (exact) mass is 328 g/mol. The Morgan fingerprint density at radius 1 is 1.21 bits per heavy atom. The van der Waals surface area contributed by atoms with Crippen molar-refractivity contribution in [3.05, 3.63) is 47.7 Å². The maximum Gasteiger partial charge on any atom is 0.347 e. The Morgan fingerprint density at radius 2 is 1.92 bits per heavy atom. The molecule has 0 aliphatic rings. The van der Waals surface area contributed by atoms with E-state index in [0.717, 1.165) is 24.2 Å². The summed E-state index contributed by atoms with van der Waals surface area (Å²) in [7, 11) is 3.78. The smallest absolute Gasteiger partial charge is 0.347 e. The third kappa shape index (κ3) is 4.25. The molecule has 128 valence electrons. The van der Waals surface area contributed by atoms with E-state index < -0.39 is 5.97 Å². The van der Waals surface area contributed by atoms with Gasteiger partial charge in [0.05, 0.1) is 12.8 Å². The first-order valence-electron chi connectivity index (χ1n) is 8.11. The van der Waals surface area contributed by atoms with Gasteiger partial charge in [0, 0.05) is 19.7 Å². The first-order valence-corrected chi connectivity index (χ1v) is 8.11. The number of pyridine rings is 1. The number of esters is 1. The quantitative estimate of drug-likeness (QED) is 0.439. The molecule has 2 rings (SSSR count). The van der Waals surface area contributed by atoms with Gasteiger partial charge in [0.15, 0.2) is 5.75 Å². The number of benzene rings is 1. The first kappa shape index (κ1) is 17.8. The summed E-state index contributed by atoms with van der Waals surface area (Å²) < 4.78 is 11.3. The van der Waals surface area contributed by atoms with Gasteiger partial charge < -0.3 is 14.4 Å². The maximum absolute atomic E-state index is 12.7. The van der Waals surface area contributed by atoms with Gasteiger partial charge in [-0.25, -0.2) is 9.78 Å². The lowest BCUT2D eigenvalue weighted by Gasteiger charge is -2.19. The zero-order valence-electron chi connectivity index (χ0n) is 14.7. The van der Waals surface area contributed by atoms with Crippen molar-refractivity contribution in [2.24, 2.45) is 0 Å². The van der Waals surface area contributed by atoms with Crippen LogP contribution in [0.25, 0.3) is 0 Å². The Kier molecular flexibility index (Phi) is 6.18. The molecular weight excluding hydrogens is 304 g/mol. The molecule has 2 aromatic rings. The van der Waals surface area contributed by atoms with Crippen molar-refractivity contribution in [3.8, 4) is 11.5 Å². The van der Waals surface area contributed by atoms with Crippen LogP contribution in [0.5, 0.6) is 11.5 Å². The Bertz CT molecular complexity index is 685. The van der Waals surface area contributed by atoms with E-state index in [1.54, 1.807) is 18.3 Å². The number of rotatable bonds is 7. The molecule has 0 radical (unpaired) electrons. The van der Waals surface area contributed by atoms with Crippen LogP contribution in [-0.2, 0) is 0 Å². The molecule has 0 unspecified atom stereocenters. The molecule has 0 N–H and O–H groups in total. The minimum Gasteiger partial charge on any atom is -0.491 e. The molecular formula is C19H24N2O3. The van der Waals surface area contributed by atoms with E-state index in [1.165, 1.54) is 0 Å². The lowest BCUT2D eigenvalue weighted by Crippen LogP contribution is -2.18. The summed E-state index contributed by atoms with van der Waals surface area (Å²) in [6.07, 6.45) is 3.53. The molecule has 0 spiro atoms. The van der Waals surface area contributed by atoms with Crippen molar-refractivity contribution in [1.29, 1.82) is 0 Å². The Morgan fingerprint density at radius 3 is 2.54 bits per heavy atom. The van der Waals surface area contributed by atoms with Crippen molar-refractivity contribution in [1.82, 2.24) is 4.98 Å². The number of nitrogens with zero attached hydrogens (tertiary/aromatic N) is 2. The largest absolute Gasteiger partial charge is 0.491 e. The highest BCUT2D eigenvalue weighted by Crippen LogP contribution is 2.29. The number of hydrogen-bond donors (Lipinski definition) is 0. The number of anilines is 1. The summed E-state index contributed by atoms with van der Waals surface area (Å²) in [5, 5.41) is 0. The fraction of sp³-hybridized carbons (Fsp3) is 0.368. The first-order chi connectivity index (χ1) is 11.5. The van der Waals surface area contributed by atoms with Crippen LogP contribution in [0.15, 0.2) is 36.5 Å². The predicted octanol–water partition coefficient (Wildman–Crippen LogP) is 3.85. The van der Waals surface area contributed by atoms with E-state index in [-0.39, 0.29) is 0 Å². The van der Waals surface area contributed by atoms with Gasteiger partial charge in [-0.05, 0) is 25.5 Å². The Balaban J connectivity index is 2.35. The van der Waals surface area contributed by atoms with Crippen molar-refractivity contribution in [2.45, 2.75) is 26.7 Å². The highest BCUT2D eigenvalue weighted by Gasteiger charge is 2.22. The molecule has 5 nitrogen and oxygen atoms in total. The second kappa shape index (κ2) is 8.34.